The van der Waals surface area contributed by atoms with E-state index < -0.39 is 5.41 Å². The van der Waals surface area contributed by atoms with Gasteiger partial charge in [-0.15, -0.1) is 0 Å². The van der Waals surface area contributed by atoms with Gasteiger partial charge in [-0.05, 0) is 59.1 Å². The number of hydrogen-bond acceptors (Lipinski definition) is 4. The van der Waals surface area contributed by atoms with Crippen LogP contribution in [0.2, 0.25) is 0 Å². The van der Waals surface area contributed by atoms with Gasteiger partial charge in [-0.1, -0.05) is 79.1 Å². The number of hydrogen-bond donors (Lipinski definition) is 0. The Morgan fingerprint density at radius 2 is 1.11 bits per heavy atom. The average Bonchev–Trinajstić information content (AvgIpc) is 3.12. The molecule has 0 amide bonds. The van der Waals surface area contributed by atoms with Crippen LogP contribution in [0.15, 0.2) is 36.4 Å². The average molecular weight is 481 g/mol. The second-order valence-corrected chi connectivity index (χ2v) is 10.3. The predicted molar refractivity (Wildman–Crippen MR) is 142 cm³/mol. The lowest BCUT2D eigenvalue weighted by Gasteiger charge is -2.38. The standard InChI is InChI=1S/C29H40N2O4/c1-5-9-11-21(7-3)19-29(20-22(8-4)12-10-6-2)27-17-23(30(32)33)13-15-25(27)26-16-14-24(31(34)35)18-28(26)29/h13-18,21-22H,5-12,19-20H2,1-4H3. The van der Waals surface area contributed by atoms with Crippen molar-refractivity contribution in [2.45, 2.75) is 97.3 Å². The van der Waals surface area contributed by atoms with Gasteiger partial charge in [0.05, 0.1) is 9.85 Å². The Bertz CT molecular complexity index is 965. The molecule has 0 aromatic heterocycles. The van der Waals surface area contributed by atoms with E-state index in [-0.39, 0.29) is 21.2 Å². The molecule has 2 aromatic carbocycles. The Kier molecular flexibility index (Phi) is 9.03. The Morgan fingerprint density at radius 1 is 0.714 bits per heavy atom. The summed E-state index contributed by atoms with van der Waals surface area (Å²) >= 11 is 0. The first-order chi connectivity index (χ1) is 16.8. The van der Waals surface area contributed by atoms with Crippen LogP contribution < -0.4 is 0 Å². The molecule has 2 unspecified atom stereocenters. The number of benzene rings is 2. The van der Waals surface area contributed by atoms with Crippen molar-refractivity contribution in [3.63, 3.8) is 0 Å². The summed E-state index contributed by atoms with van der Waals surface area (Å²) < 4.78 is 0. The van der Waals surface area contributed by atoms with Gasteiger partial charge in [-0.3, -0.25) is 20.2 Å². The van der Waals surface area contributed by atoms with Crippen molar-refractivity contribution in [1.82, 2.24) is 0 Å². The normalized spacial score (nSPS) is 15.3. The molecule has 0 spiro atoms. The molecule has 2 atom stereocenters. The lowest BCUT2D eigenvalue weighted by atomic mass is 9.65. The number of nitro groups is 2. The zero-order chi connectivity index (χ0) is 25.6. The quantitative estimate of drug-likeness (QED) is 0.199. The monoisotopic (exact) mass is 480 g/mol. The number of non-ortho nitro benzene ring substituents is 2. The van der Waals surface area contributed by atoms with Crippen LogP contribution in [0.1, 0.15) is 103 Å². The van der Waals surface area contributed by atoms with Crippen LogP contribution in [0.3, 0.4) is 0 Å². The van der Waals surface area contributed by atoms with Gasteiger partial charge >= 0.3 is 0 Å². The smallest absolute Gasteiger partial charge is 0.258 e. The van der Waals surface area contributed by atoms with E-state index in [0.29, 0.717) is 11.8 Å². The van der Waals surface area contributed by atoms with Crippen LogP contribution in [0.5, 0.6) is 0 Å². The van der Waals surface area contributed by atoms with E-state index >= 15 is 0 Å². The molecule has 1 aliphatic carbocycles. The maximum Gasteiger partial charge on any atom is 0.269 e. The number of nitrogens with zero attached hydrogens (tertiary/aromatic N) is 2. The minimum Gasteiger partial charge on any atom is -0.258 e. The van der Waals surface area contributed by atoms with Crippen molar-refractivity contribution in [2.75, 3.05) is 0 Å². The molecule has 0 saturated heterocycles. The van der Waals surface area contributed by atoms with Crippen LogP contribution >= 0.6 is 0 Å². The number of rotatable bonds is 14. The zero-order valence-electron chi connectivity index (χ0n) is 21.7. The highest BCUT2D eigenvalue weighted by atomic mass is 16.6. The third-order valence-corrected chi connectivity index (χ3v) is 8.11. The van der Waals surface area contributed by atoms with Gasteiger partial charge in [0.25, 0.3) is 11.4 Å². The first-order valence-electron chi connectivity index (χ1n) is 13.4. The molecule has 0 fully saturated rings. The minimum absolute atomic E-state index is 0.0960. The van der Waals surface area contributed by atoms with Gasteiger partial charge in [0.1, 0.15) is 0 Å². The van der Waals surface area contributed by atoms with E-state index in [1.54, 1.807) is 24.3 Å². The van der Waals surface area contributed by atoms with Crippen LogP contribution in [0, 0.1) is 32.1 Å². The lowest BCUT2D eigenvalue weighted by molar-refractivity contribution is -0.385. The molecule has 190 valence electrons. The molecular formula is C29H40N2O4. The summed E-state index contributed by atoms with van der Waals surface area (Å²) in [5.74, 6) is 0.909. The molecule has 0 aliphatic heterocycles. The maximum absolute atomic E-state index is 11.8. The molecule has 6 heteroatoms. The Labute approximate surface area is 209 Å². The van der Waals surface area contributed by atoms with Crippen LogP contribution in [-0.4, -0.2) is 9.85 Å². The summed E-state index contributed by atoms with van der Waals surface area (Å²) in [6, 6.07) is 10.4. The highest BCUT2D eigenvalue weighted by molar-refractivity contribution is 5.83. The molecule has 2 aromatic rings. The van der Waals surface area contributed by atoms with E-state index in [2.05, 4.69) is 27.7 Å². The van der Waals surface area contributed by atoms with E-state index in [1.807, 2.05) is 12.1 Å². The van der Waals surface area contributed by atoms with E-state index in [1.165, 1.54) is 0 Å². The van der Waals surface area contributed by atoms with Gasteiger partial charge in [-0.2, -0.15) is 0 Å². The van der Waals surface area contributed by atoms with E-state index in [4.69, 9.17) is 0 Å². The summed E-state index contributed by atoms with van der Waals surface area (Å²) in [5.41, 5.74) is 3.72. The molecule has 3 rings (SSSR count). The number of nitro benzene ring substituents is 2. The van der Waals surface area contributed by atoms with Gasteiger partial charge in [0, 0.05) is 29.7 Å². The molecule has 35 heavy (non-hydrogen) atoms. The lowest BCUT2D eigenvalue weighted by Crippen LogP contribution is -2.31. The molecule has 0 heterocycles. The van der Waals surface area contributed by atoms with Gasteiger partial charge in [-0.25, -0.2) is 0 Å². The Balaban J connectivity index is 2.27. The maximum atomic E-state index is 11.8. The van der Waals surface area contributed by atoms with Crippen LogP contribution in [0.4, 0.5) is 11.4 Å². The van der Waals surface area contributed by atoms with Gasteiger partial charge < -0.3 is 0 Å². The summed E-state index contributed by atoms with van der Waals surface area (Å²) in [7, 11) is 0. The van der Waals surface area contributed by atoms with Crippen LogP contribution in [-0.2, 0) is 5.41 Å². The fourth-order valence-corrected chi connectivity index (χ4v) is 6.09. The second-order valence-electron chi connectivity index (χ2n) is 10.3. The zero-order valence-corrected chi connectivity index (χ0v) is 21.7. The third-order valence-electron chi connectivity index (χ3n) is 8.11. The highest BCUT2D eigenvalue weighted by Gasteiger charge is 2.46. The first kappa shape index (κ1) is 26.8. The van der Waals surface area contributed by atoms with Gasteiger partial charge in [0.2, 0.25) is 0 Å². The molecule has 1 aliphatic rings. The predicted octanol–water partition coefficient (Wildman–Crippen LogP) is 8.98. The molecule has 0 saturated carbocycles. The molecule has 0 bridgehead atoms. The van der Waals surface area contributed by atoms with E-state index in [0.717, 1.165) is 86.5 Å². The van der Waals surface area contributed by atoms with Crippen molar-refractivity contribution in [2.24, 2.45) is 11.8 Å². The third kappa shape index (κ3) is 5.57. The fourth-order valence-electron chi connectivity index (χ4n) is 6.09. The minimum atomic E-state index is -0.453. The fraction of sp³-hybridized carbons (Fsp3) is 0.586. The van der Waals surface area contributed by atoms with Crippen molar-refractivity contribution < 1.29 is 9.85 Å². The molecule has 0 radical (unpaired) electrons. The van der Waals surface area contributed by atoms with Crippen molar-refractivity contribution in [3.05, 3.63) is 67.8 Å². The van der Waals surface area contributed by atoms with E-state index in [9.17, 15) is 20.2 Å². The summed E-state index contributed by atoms with van der Waals surface area (Å²) in [4.78, 5) is 22.9. The summed E-state index contributed by atoms with van der Waals surface area (Å²) in [6.45, 7) is 8.85. The van der Waals surface area contributed by atoms with Crippen molar-refractivity contribution in [3.8, 4) is 11.1 Å². The molecule has 0 N–H and O–H groups in total. The van der Waals surface area contributed by atoms with Crippen molar-refractivity contribution in [1.29, 1.82) is 0 Å². The first-order valence-corrected chi connectivity index (χ1v) is 13.4. The number of unbranched alkanes of at least 4 members (excludes halogenated alkanes) is 2. The topological polar surface area (TPSA) is 86.3 Å². The Hall–Kier alpha value is -2.76. The van der Waals surface area contributed by atoms with Crippen molar-refractivity contribution >= 4 is 11.4 Å². The molecular weight excluding hydrogens is 440 g/mol. The SMILES string of the molecule is CCCCC(CC)CC1(CC(CC)CCCC)c2cc([N+](=O)[O-])ccc2-c2ccc([N+](=O)[O-])cc21. The number of fused-ring (bicyclic) bond motifs is 3. The summed E-state index contributed by atoms with van der Waals surface area (Å²) in [6.07, 6.45) is 10.6. The highest BCUT2D eigenvalue weighted by Crippen LogP contribution is 2.57. The largest absolute Gasteiger partial charge is 0.269 e. The second kappa shape index (κ2) is 11.8. The van der Waals surface area contributed by atoms with Gasteiger partial charge in [0.15, 0.2) is 0 Å². The molecule has 6 nitrogen and oxygen atoms in total. The van der Waals surface area contributed by atoms with Crippen LogP contribution in [0.25, 0.3) is 11.1 Å². The Morgan fingerprint density at radius 3 is 1.43 bits per heavy atom. The summed E-state index contributed by atoms with van der Waals surface area (Å²) in [5, 5.41) is 23.6.